The van der Waals surface area contributed by atoms with Crippen LogP contribution < -0.4 is 15.0 Å². The van der Waals surface area contributed by atoms with E-state index in [9.17, 15) is 14.4 Å². The number of ether oxygens (including phenoxy) is 1. The second-order valence-electron chi connectivity index (χ2n) is 7.04. The van der Waals surface area contributed by atoms with Gasteiger partial charge in [-0.15, -0.1) is 0 Å². The molecule has 4 rings (SSSR count). The van der Waals surface area contributed by atoms with Gasteiger partial charge in [0.2, 0.25) is 0 Å². The number of nitrogens with one attached hydrogen (secondary N) is 1. The molecule has 0 saturated carbocycles. The molecule has 1 saturated heterocycles. The molecule has 166 valence electrons. The Bertz CT molecular complexity index is 1270. The van der Waals surface area contributed by atoms with Crippen LogP contribution in [-0.2, 0) is 16.2 Å². The Morgan fingerprint density at radius 1 is 0.848 bits per heavy atom. The van der Waals surface area contributed by atoms with Gasteiger partial charge in [0.1, 0.15) is 17.9 Å². The fraction of sp³-hybridized carbons (Fsp3) is 0.0417. The minimum Gasteiger partial charge on any atom is -0.488 e. The third kappa shape index (κ3) is 5.43. The molecule has 9 heteroatoms. The highest BCUT2D eigenvalue weighted by molar-refractivity contribution is 9.11. The van der Waals surface area contributed by atoms with E-state index in [1.54, 1.807) is 42.5 Å². The summed E-state index contributed by atoms with van der Waals surface area (Å²) in [6.45, 7) is 0.386. The van der Waals surface area contributed by atoms with Crippen LogP contribution in [0.25, 0.3) is 6.08 Å². The molecule has 1 N–H and O–H groups in total. The number of anilines is 1. The van der Waals surface area contributed by atoms with Crippen molar-refractivity contribution in [1.29, 1.82) is 0 Å². The fourth-order valence-corrected chi connectivity index (χ4v) is 4.15. The van der Waals surface area contributed by atoms with Crippen molar-refractivity contribution in [2.45, 2.75) is 6.61 Å². The van der Waals surface area contributed by atoms with Crippen molar-refractivity contribution in [3.05, 3.63) is 96.8 Å². The molecule has 1 aliphatic rings. The number of urea groups is 1. The van der Waals surface area contributed by atoms with Crippen LogP contribution in [-0.4, -0.2) is 17.8 Å². The molecule has 3 aromatic carbocycles. The summed E-state index contributed by atoms with van der Waals surface area (Å²) in [6.07, 6.45) is 1.44. The average molecular weight is 635 g/mol. The number of rotatable bonds is 5. The minimum atomic E-state index is -0.789. The summed E-state index contributed by atoms with van der Waals surface area (Å²) in [5, 5.41) is 2.22. The van der Waals surface area contributed by atoms with Gasteiger partial charge in [0.15, 0.2) is 0 Å². The van der Waals surface area contributed by atoms with Crippen LogP contribution in [0.15, 0.2) is 85.7 Å². The van der Waals surface area contributed by atoms with Gasteiger partial charge >= 0.3 is 6.03 Å². The Morgan fingerprint density at radius 2 is 1.48 bits per heavy atom. The van der Waals surface area contributed by atoms with Gasteiger partial charge < -0.3 is 4.74 Å². The van der Waals surface area contributed by atoms with Gasteiger partial charge in [-0.3, -0.25) is 14.9 Å². The van der Waals surface area contributed by atoms with Crippen molar-refractivity contribution in [1.82, 2.24) is 5.32 Å². The van der Waals surface area contributed by atoms with Crippen molar-refractivity contribution in [3.8, 4) is 5.75 Å². The predicted octanol–water partition coefficient (Wildman–Crippen LogP) is 6.22. The van der Waals surface area contributed by atoms with Crippen LogP contribution in [0, 0.1) is 0 Å². The van der Waals surface area contributed by atoms with Crippen LogP contribution in [0.3, 0.4) is 0 Å². The van der Waals surface area contributed by atoms with E-state index in [0.717, 1.165) is 19.4 Å². The van der Waals surface area contributed by atoms with Gasteiger partial charge in [-0.25, -0.2) is 9.69 Å². The third-order valence-electron chi connectivity index (χ3n) is 4.76. The number of imide groups is 2. The number of barbiturate groups is 1. The number of nitrogens with zero attached hydrogens (tertiary/aromatic N) is 1. The van der Waals surface area contributed by atoms with Gasteiger partial charge in [0.25, 0.3) is 11.8 Å². The van der Waals surface area contributed by atoms with Crippen LogP contribution in [0.2, 0.25) is 0 Å². The molecule has 4 amide bonds. The highest BCUT2D eigenvalue weighted by Gasteiger charge is 2.36. The predicted molar refractivity (Wildman–Crippen MR) is 136 cm³/mol. The maximum Gasteiger partial charge on any atom is 0.335 e. The van der Waals surface area contributed by atoms with Gasteiger partial charge in [0.05, 0.1) is 10.2 Å². The summed E-state index contributed by atoms with van der Waals surface area (Å²) in [7, 11) is 0. The number of amides is 4. The van der Waals surface area contributed by atoms with Gasteiger partial charge in [-0.1, -0.05) is 50.1 Å². The molecular weight excluding hydrogens is 620 g/mol. The number of benzene rings is 3. The second-order valence-corrected chi connectivity index (χ2v) is 9.72. The topological polar surface area (TPSA) is 75.7 Å². The highest BCUT2D eigenvalue weighted by Crippen LogP contribution is 2.29. The van der Waals surface area contributed by atoms with E-state index in [1.165, 1.54) is 6.08 Å². The highest BCUT2D eigenvalue weighted by atomic mass is 79.9. The zero-order valence-electron chi connectivity index (χ0n) is 16.8. The molecule has 0 atom stereocenters. The zero-order valence-corrected chi connectivity index (χ0v) is 21.6. The molecule has 3 aromatic rings. The largest absolute Gasteiger partial charge is 0.488 e. The van der Waals surface area contributed by atoms with E-state index < -0.39 is 17.8 Å². The first kappa shape index (κ1) is 23.4. The lowest BCUT2D eigenvalue weighted by Crippen LogP contribution is -2.54. The molecule has 0 bridgehead atoms. The first-order valence-electron chi connectivity index (χ1n) is 9.65. The molecular formula is C24H15Br3N2O4. The number of carbonyl (C=O) groups is 3. The molecule has 0 spiro atoms. The summed E-state index contributed by atoms with van der Waals surface area (Å²) in [5.41, 5.74) is 1.82. The normalized spacial score (nSPS) is 15.1. The zero-order chi connectivity index (χ0) is 23.5. The summed E-state index contributed by atoms with van der Waals surface area (Å²) >= 11 is 10.2. The first-order chi connectivity index (χ1) is 15.8. The molecule has 0 unspecified atom stereocenters. The average Bonchev–Trinajstić information content (AvgIpc) is 2.78. The fourth-order valence-electron chi connectivity index (χ4n) is 3.11. The summed E-state index contributed by atoms with van der Waals surface area (Å²) in [6, 6.07) is 18.9. The monoisotopic (exact) mass is 632 g/mol. The second kappa shape index (κ2) is 10.0. The van der Waals surface area contributed by atoms with E-state index in [0.29, 0.717) is 28.1 Å². The maximum absolute atomic E-state index is 13.0. The molecule has 0 aromatic heterocycles. The molecule has 33 heavy (non-hydrogen) atoms. The summed E-state index contributed by atoms with van der Waals surface area (Å²) in [5.74, 6) is -0.825. The Balaban J connectivity index is 1.55. The number of hydrogen-bond donors (Lipinski definition) is 1. The standard InChI is InChI=1S/C24H15Br3N2O4/c25-16-4-1-14(2-5-16)13-33-21-10-3-15(12-20(21)27)11-19-22(30)28-24(32)29(23(19)31)18-8-6-17(26)7-9-18/h1-12H,13H2,(H,28,30,32)/b19-11+. The smallest absolute Gasteiger partial charge is 0.335 e. The number of halogens is 3. The van der Waals surface area contributed by atoms with E-state index in [-0.39, 0.29) is 5.57 Å². The van der Waals surface area contributed by atoms with Crippen LogP contribution in [0.5, 0.6) is 5.75 Å². The lowest BCUT2D eigenvalue weighted by atomic mass is 10.1. The van der Waals surface area contributed by atoms with Crippen molar-refractivity contribution in [3.63, 3.8) is 0 Å². The maximum atomic E-state index is 13.0. The van der Waals surface area contributed by atoms with E-state index in [4.69, 9.17) is 4.74 Å². The first-order valence-corrected chi connectivity index (χ1v) is 12.0. The minimum absolute atomic E-state index is 0.145. The number of hydrogen-bond acceptors (Lipinski definition) is 4. The quantitative estimate of drug-likeness (QED) is 0.267. The Labute approximate surface area is 215 Å². The lowest BCUT2D eigenvalue weighted by molar-refractivity contribution is -0.122. The molecule has 0 aliphatic carbocycles. The SMILES string of the molecule is O=C1NC(=O)N(c2ccc(Br)cc2)C(=O)/C1=C/c1ccc(OCc2ccc(Br)cc2)c(Br)c1. The van der Waals surface area contributed by atoms with Crippen molar-refractivity contribution < 1.29 is 19.1 Å². The Kier molecular flexibility index (Phi) is 7.11. The molecule has 0 radical (unpaired) electrons. The summed E-state index contributed by atoms with van der Waals surface area (Å²) < 4.78 is 8.32. The summed E-state index contributed by atoms with van der Waals surface area (Å²) in [4.78, 5) is 38.6. The number of carbonyl (C=O) groups excluding carboxylic acids is 3. The molecule has 1 fully saturated rings. The Hall–Kier alpha value is -2.75. The van der Waals surface area contributed by atoms with Crippen LogP contribution in [0.1, 0.15) is 11.1 Å². The molecule has 1 aliphatic heterocycles. The van der Waals surface area contributed by atoms with Crippen molar-refractivity contribution in [2.75, 3.05) is 4.90 Å². The van der Waals surface area contributed by atoms with Gasteiger partial charge in [0, 0.05) is 8.95 Å². The van der Waals surface area contributed by atoms with Crippen LogP contribution >= 0.6 is 47.8 Å². The molecule has 6 nitrogen and oxygen atoms in total. The van der Waals surface area contributed by atoms with E-state index >= 15 is 0 Å². The van der Waals surface area contributed by atoms with Gasteiger partial charge in [-0.2, -0.15) is 0 Å². The van der Waals surface area contributed by atoms with Crippen molar-refractivity contribution in [2.24, 2.45) is 0 Å². The third-order valence-corrected chi connectivity index (χ3v) is 6.44. The molecule has 1 heterocycles. The van der Waals surface area contributed by atoms with Crippen LogP contribution in [0.4, 0.5) is 10.5 Å². The Morgan fingerprint density at radius 3 is 2.12 bits per heavy atom. The van der Waals surface area contributed by atoms with Gasteiger partial charge in [-0.05, 0) is 81.7 Å². The van der Waals surface area contributed by atoms with E-state index in [1.807, 2.05) is 24.3 Å². The van der Waals surface area contributed by atoms with E-state index in [2.05, 4.69) is 53.1 Å². The van der Waals surface area contributed by atoms with Crippen molar-refractivity contribution >= 4 is 77.4 Å². The lowest BCUT2D eigenvalue weighted by Gasteiger charge is -2.26.